The number of halogens is 1. The molecule has 174 valence electrons. The van der Waals surface area contributed by atoms with Gasteiger partial charge in [-0.25, -0.2) is 14.6 Å². The second-order valence-electron chi connectivity index (χ2n) is 7.49. The highest BCUT2D eigenvalue weighted by molar-refractivity contribution is 9.10. The van der Waals surface area contributed by atoms with Crippen LogP contribution >= 0.6 is 15.9 Å². The molecular formula is C26H17BrN2O6. The molecular weight excluding hydrogens is 516 g/mol. The van der Waals surface area contributed by atoms with Gasteiger partial charge in [0.1, 0.15) is 5.75 Å². The van der Waals surface area contributed by atoms with E-state index in [1.165, 1.54) is 42.5 Å². The molecule has 0 atom stereocenters. The maximum absolute atomic E-state index is 12.4. The van der Waals surface area contributed by atoms with Gasteiger partial charge in [0.25, 0.3) is 5.69 Å². The van der Waals surface area contributed by atoms with Crippen LogP contribution in [-0.4, -0.2) is 22.8 Å². The predicted molar refractivity (Wildman–Crippen MR) is 134 cm³/mol. The molecule has 0 fully saturated rings. The second-order valence-corrected chi connectivity index (χ2v) is 8.41. The SMILES string of the molecule is Cc1cccc(C2=N/C(=C\c3cc(Br)ccc3OC(=O)/C=C/c3ccc([N+](=O)[O-])cc3)C(=O)O2)c1. The molecule has 8 nitrogen and oxygen atoms in total. The summed E-state index contributed by atoms with van der Waals surface area (Å²) in [5.74, 6) is -0.865. The first-order valence-electron chi connectivity index (χ1n) is 10.3. The van der Waals surface area contributed by atoms with Crippen LogP contribution in [0.4, 0.5) is 5.69 Å². The van der Waals surface area contributed by atoms with Gasteiger partial charge in [-0.05, 0) is 67.1 Å². The quantitative estimate of drug-likeness (QED) is 0.134. The van der Waals surface area contributed by atoms with Gasteiger partial charge in [0, 0.05) is 33.8 Å². The molecule has 0 unspecified atom stereocenters. The molecule has 1 heterocycles. The highest BCUT2D eigenvalue weighted by atomic mass is 79.9. The summed E-state index contributed by atoms with van der Waals surface area (Å²) in [5.41, 5.74) is 2.74. The number of rotatable bonds is 6. The molecule has 0 amide bonds. The molecule has 1 aliphatic rings. The maximum Gasteiger partial charge on any atom is 0.363 e. The summed E-state index contributed by atoms with van der Waals surface area (Å²) in [7, 11) is 0. The van der Waals surface area contributed by atoms with E-state index in [1.807, 2.05) is 25.1 Å². The Morgan fingerprint density at radius 1 is 1.11 bits per heavy atom. The van der Waals surface area contributed by atoms with Crippen molar-refractivity contribution in [1.29, 1.82) is 0 Å². The lowest BCUT2D eigenvalue weighted by molar-refractivity contribution is -0.384. The third-order valence-electron chi connectivity index (χ3n) is 4.88. The van der Waals surface area contributed by atoms with Gasteiger partial charge in [0.15, 0.2) is 5.70 Å². The predicted octanol–water partition coefficient (Wildman–Crippen LogP) is 5.63. The molecule has 0 aromatic heterocycles. The number of carbonyl (C=O) groups is 2. The van der Waals surface area contributed by atoms with Crippen LogP contribution in [0.5, 0.6) is 5.75 Å². The van der Waals surface area contributed by atoms with E-state index in [1.54, 1.807) is 24.3 Å². The number of nitro groups is 1. The largest absolute Gasteiger partial charge is 0.423 e. The first-order chi connectivity index (χ1) is 16.8. The van der Waals surface area contributed by atoms with Crippen LogP contribution in [0.15, 0.2) is 88.0 Å². The number of nitro benzene ring substituents is 1. The number of cyclic esters (lactones) is 1. The Morgan fingerprint density at radius 2 is 1.89 bits per heavy atom. The van der Waals surface area contributed by atoms with Crippen molar-refractivity contribution in [3.05, 3.63) is 115 Å². The van der Waals surface area contributed by atoms with Gasteiger partial charge >= 0.3 is 11.9 Å². The van der Waals surface area contributed by atoms with E-state index in [-0.39, 0.29) is 23.0 Å². The number of esters is 2. The Balaban J connectivity index is 1.55. The van der Waals surface area contributed by atoms with Crippen LogP contribution < -0.4 is 4.74 Å². The van der Waals surface area contributed by atoms with Gasteiger partial charge in [-0.15, -0.1) is 0 Å². The molecule has 4 rings (SSSR count). The Labute approximate surface area is 208 Å². The van der Waals surface area contributed by atoms with E-state index in [0.29, 0.717) is 21.2 Å². The van der Waals surface area contributed by atoms with Crippen LogP contribution in [0.1, 0.15) is 22.3 Å². The number of non-ortho nitro benzene ring substituents is 1. The average molecular weight is 533 g/mol. The van der Waals surface area contributed by atoms with Gasteiger partial charge in [-0.2, -0.15) is 0 Å². The van der Waals surface area contributed by atoms with Crippen molar-refractivity contribution in [3.8, 4) is 5.75 Å². The first kappa shape index (κ1) is 23.8. The van der Waals surface area contributed by atoms with E-state index < -0.39 is 16.9 Å². The molecule has 3 aromatic rings. The summed E-state index contributed by atoms with van der Waals surface area (Å²) < 4.78 is 11.5. The average Bonchev–Trinajstić information content (AvgIpc) is 3.20. The Kier molecular flexibility index (Phi) is 6.98. The number of aryl methyl sites for hydroxylation is 1. The van der Waals surface area contributed by atoms with Crippen LogP contribution in [0.25, 0.3) is 12.2 Å². The summed E-state index contributed by atoms with van der Waals surface area (Å²) in [6.07, 6.45) is 4.17. The summed E-state index contributed by atoms with van der Waals surface area (Å²) in [4.78, 5) is 39.4. The lowest BCUT2D eigenvalue weighted by Crippen LogP contribution is -2.06. The Morgan fingerprint density at radius 3 is 2.60 bits per heavy atom. The second kappa shape index (κ2) is 10.3. The fourth-order valence-corrected chi connectivity index (χ4v) is 3.58. The van der Waals surface area contributed by atoms with Crippen molar-refractivity contribution in [3.63, 3.8) is 0 Å². The molecule has 0 spiro atoms. The molecule has 0 N–H and O–H groups in total. The van der Waals surface area contributed by atoms with E-state index in [2.05, 4.69) is 20.9 Å². The van der Waals surface area contributed by atoms with Crippen molar-refractivity contribution in [2.24, 2.45) is 4.99 Å². The summed E-state index contributed by atoms with van der Waals surface area (Å²) in [6.45, 7) is 1.93. The smallest absolute Gasteiger partial charge is 0.363 e. The Hall–Kier alpha value is -4.37. The first-order valence-corrected chi connectivity index (χ1v) is 11.1. The van der Waals surface area contributed by atoms with Crippen LogP contribution in [0.2, 0.25) is 0 Å². The highest BCUT2D eigenvalue weighted by Crippen LogP contribution is 2.28. The van der Waals surface area contributed by atoms with Gasteiger partial charge in [0.2, 0.25) is 5.90 Å². The summed E-state index contributed by atoms with van der Waals surface area (Å²) in [6, 6.07) is 18.1. The number of hydrogen-bond donors (Lipinski definition) is 0. The van der Waals surface area contributed by atoms with Gasteiger partial charge < -0.3 is 9.47 Å². The minimum absolute atomic E-state index is 0.0454. The maximum atomic E-state index is 12.4. The lowest BCUT2D eigenvalue weighted by Gasteiger charge is -2.06. The molecule has 9 heteroatoms. The van der Waals surface area contributed by atoms with Crippen LogP contribution in [-0.2, 0) is 14.3 Å². The molecule has 3 aromatic carbocycles. The molecule has 35 heavy (non-hydrogen) atoms. The molecule has 0 bridgehead atoms. The van der Waals surface area contributed by atoms with E-state index in [4.69, 9.17) is 9.47 Å². The number of nitrogens with zero attached hydrogens (tertiary/aromatic N) is 2. The van der Waals surface area contributed by atoms with Crippen LogP contribution in [0, 0.1) is 17.0 Å². The molecule has 0 saturated carbocycles. The zero-order valence-corrected chi connectivity index (χ0v) is 19.9. The van der Waals surface area contributed by atoms with Crippen LogP contribution in [0.3, 0.4) is 0 Å². The number of ether oxygens (including phenoxy) is 2. The molecule has 0 radical (unpaired) electrons. The highest BCUT2D eigenvalue weighted by Gasteiger charge is 2.25. The van der Waals surface area contributed by atoms with Crippen molar-refractivity contribution >= 4 is 51.6 Å². The Bertz CT molecular complexity index is 1420. The lowest BCUT2D eigenvalue weighted by atomic mass is 10.1. The topological polar surface area (TPSA) is 108 Å². The standard InChI is InChI=1S/C26H17BrN2O6/c1-16-3-2-4-18(13-16)25-28-22(26(31)35-25)15-19-14-20(27)8-11-23(19)34-24(30)12-7-17-5-9-21(10-6-17)29(32)33/h2-15H,1H3/b12-7+,22-15-. The van der Waals surface area contributed by atoms with Crippen molar-refractivity contribution in [2.75, 3.05) is 0 Å². The monoisotopic (exact) mass is 532 g/mol. The van der Waals surface area contributed by atoms with E-state index in [0.717, 1.165) is 5.56 Å². The van der Waals surface area contributed by atoms with E-state index >= 15 is 0 Å². The molecule has 1 aliphatic heterocycles. The van der Waals surface area contributed by atoms with Crippen molar-refractivity contribution < 1.29 is 24.0 Å². The number of hydrogen-bond acceptors (Lipinski definition) is 7. The van der Waals surface area contributed by atoms with Gasteiger partial charge in [0.05, 0.1) is 4.92 Å². The minimum atomic E-state index is -0.664. The van der Waals surface area contributed by atoms with E-state index in [9.17, 15) is 19.7 Å². The van der Waals surface area contributed by atoms with Gasteiger partial charge in [-0.1, -0.05) is 33.6 Å². The fraction of sp³-hybridized carbons (Fsp3) is 0.0385. The zero-order chi connectivity index (χ0) is 24.9. The number of aliphatic imine (C=N–C) groups is 1. The molecule has 0 aliphatic carbocycles. The van der Waals surface area contributed by atoms with Gasteiger partial charge in [-0.3, -0.25) is 10.1 Å². The van der Waals surface area contributed by atoms with Crippen molar-refractivity contribution in [2.45, 2.75) is 6.92 Å². The third-order valence-corrected chi connectivity index (χ3v) is 5.37. The third kappa shape index (κ3) is 5.96. The van der Waals surface area contributed by atoms with Crippen molar-refractivity contribution in [1.82, 2.24) is 0 Å². The fourth-order valence-electron chi connectivity index (χ4n) is 3.20. The summed E-state index contributed by atoms with van der Waals surface area (Å²) in [5, 5.41) is 10.8. The summed E-state index contributed by atoms with van der Waals surface area (Å²) >= 11 is 3.38. The number of carbonyl (C=O) groups excluding carboxylic acids is 2. The number of benzene rings is 3. The normalized spacial score (nSPS) is 14.2. The minimum Gasteiger partial charge on any atom is -0.423 e. The zero-order valence-electron chi connectivity index (χ0n) is 18.3. The molecule has 0 saturated heterocycles.